The highest BCUT2D eigenvalue weighted by molar-refractivity contribution is 6.31. The van der Waals surface area contributed by atoms with Crippen LogP contribution in [0.2, 0.25) is 5.02 Å². The second-order valence-electron chi connectivity index (χ2n) is 6.79. The summed E-state index contributed by atoms with van der Waals surface area (Å²) in [4.78, 5) is 24.6. The zero-order valence-corrected chi connectivity index (χ0v) is 17.8. The molecule has 2 amide bonds. The van der Waals surface area contributed by atoms with Crippen LogP contribution in [0.5, 0.6) is 5.75 Å². The third kappa shape index (κ3) is 5.18. The molecule has 0 saturated heterocycles. The molecule has 0 bridgehead atoms. The molecule has 0 aliphatic rings. The van der Waals surface area contributed by atoms with E-state index in [1.807, 2.05) is 26.0 Å². The lowest BCUT2D eigenvalue weighted by Crippen LogP contribution is -2.42. The fourth-order valence-corrected chi connectivity index (χ4v) is 2.96. The lowest BCUT2D eigenvalue weighted by molar-refractivity contribution is 0.0840. The molecule has 156 valence electrons. The van der Waals surface area contributed by atoms with Gasteiger partial charge in [0.25, 0.3) is 11.8 Å². The van der Waals surface area contributed by atoms with Crippen molar-refractivity contribution in [1.82, 2.24) is 20.6 Å². The van der Waals surface area contributed by atoms with E-state index in [-0.39, 0.29) is 0 Å². The van der Waals surface area contributed by atoms with Crippen molar-refractivity contribution < 1.29 is 14.3 Å². The maximum absolute atomic E-state index is 12.3. The number of carbonyl (C=O) groups excluding carboxylic acids is 2. The maximum Gasteiger partial charge on any atom is 0.287 e. The Hall–Kier alpha value is -3.32. The van der Waals surface area contributed by atoms with Crippen LogP contribution in [0.25, 0.3) is 0 Å². The molecular weight excluding hydrogens is 404 g/mol. The normalized spacial score (nSPS) is 10.5. The van der Waals surface area contributed by atoms with E-state index in [4.69, 9.17) is 16.3 Å². The number of rotatable bonds is 6. The van der Waals surface area contributed by atoms with E-state index in [2.05, 4.69) is 16.0 Å². The first kappa shape index (κ1) is 21.4. The molecule has 2 N–H and O–H groups in total. The van der Waals surface area contributed by atoms with Crippen molar-refractivity contribution in [2.45, 2.75) is 33.9 Å². The largest absolute Gasteiger partial charge is 0.489 e. The van der Waals surface area contributed by atoms with Crippen LogP contribution >= 0.6 is 11.6 Å². The SMILES string of the molecule is CCn1nc(C)cc1C(=O)NNC(=O)c1ccc(COc2ccc(Cl)c(C)c2)cc1. The molecule has 3 aromatic rings. The summed E-state index contributed by atoms with van der Waals surface area (Å²) in [6.07, 6.45) is 0. The number of halogens is 1. The Morgan fingerprint density at radius 3 is 2.40 bits per heavy atom. The summed E-state index contributed by atoms with van der Waals surface area (Å²) in [6.45, 7) is 6.53. The number of carbonyl (C=O) groups is 2. The minimum atomic E-state index is -0.422. The van der Waals surface area contributed by atoms with Gasteiger partial charge < -0.3 is 4.74 Å². The number of hydrogen-bond acceptors (Lipinski definition) is 4. The van der Waals surface area contributed by atoms with Gasteiger partial charge in [0.05, 0.1) is 5.69 Å². The topological polar surface area (TPSA) is 85.3 Å². The monoisotopic (exact) mass is 426 g/mol. The number of nitrogens with one attached hydrogen (secondary N) is 2. The standard InChI is InChI=1S/C22H23ClN4O3/c1-4-27-20(12-15(3)26-27)22(29)25-24-21(28)17-7-5-16(6-8-17)13-30-18-9-10-19(23)14(2)11-18/h5-12H,4,13H2,1-3H3,(H,24,28)(H,25,29). The molecule has 0 spiro atoms. The second-order valence-corrected chi connectivity index (χ2v) is 7.20. The van der Waals surface area contributed by atoms with E-state index in [1.54, 1.807) is 48.0 Å². The van der Waals surface area contributed by atoms with Crippen molar-refractivity contribution in [1.29, 1.82) is 0 Å². The van der Waals surface area contributed by atoms with Crippen molar-refractivity contribution in [2.75, 3.05) is 0 Å². The van der Waals surface area contributed by atoms with Crippen molar-refractivity contribution >= 4 is 23.4 Å². The zero-order valence-electron chi connectivity index (χ0n) is 17.0. The Kier molecular flexibility index (Phi) is 6.74. The molecule has 7 nitrogen and oxygen atoms in total. The summed E-state index contributed by atoms with van der Waals surface area (Å²) in [7, 11) is 0. The molecule has 0 fully saturated rings. The molecule has 8 heteroatoms. The van der Waals surface area contributed by atoms with Crippen LogP contribution in [0.1, 0.15) is 44.6 Å². The van der Waals surface area contributed by atoms with Gasteiger partial charge in [0.2, 0.25) is 0 Å². The number of amides is 2. The highest BCUT2D eigenvalue weighted by Gasteiger charge is 2.14. The van der Waals surface area contributed by atoms with Gasteiger partial charge in [-0.25, -0.2) is 0 Å². The van der Waals surface area contributed by atoms with Crippen LogP contribution in [0, 0.1) is 13.8 Å². The van der Waals surface area contributed by atoms with Crippen LogP contribution in [0.3, 0.4) is 0 Å². The zero-order chi connectivity index (χ0) is 21.7. The van der Waals surface area contributed by atoms with Crippen LogP contribution in [0.15, 0.2) is 48.5 Å². The Labute approximate surface area is 180 Å². The molecule has 30 heavy (non-hydrogen) atoms. The molecular formula is C22H23ClN4O3. The van der Waals surface area contributed by atoms with E-state index >= 15 is 0 Å². The Bertz CT molecular complexity index is 1060. The summed E-state index contributed by atoms with van der Waals surface area (Å²) in [5.41, 5.74) is 8.24. The lowest BCUT2D eigenvalue weighted by atomic mass is 10.1. The third-order valence-corrected chi connectivity index (χ3v) is 4.90. The number of hydrogen-bond donors (Lipinski definition) is 2. The van der Waals surface area contributed by atoms with Gasteiger partial charge in [-0.05, 0) is 68.3 Å². The fraction of sp³-hybridized carbons (Fsp3) is 0.227. The molecule has 0 saturated carbocycles. The van der Waals surface area contributed by atoms with E-state index in [0.717, 1.165) is 22.6 Å². The molecule has 2 aromatic carbocycles. The van der Waals surface area contributed by atoms with Gasteiger partial charge in [0, 0.05) is 17.1 Å². The van der Waals surface area contributed by atoms with Crippen LogP contribution in [-0.2, 0) is 13.2 Å². The number of nitrogens with zero attached hydrogens (tertiary/aromatic N) is 2. The van der Waals surface area contributed by atoms with Gasteiger partial charge in [0.15, 0.2) is 0 Å². The van der Waals surface area contributed by atoms with Gasteiger partial charge in [0.1, 0.15) is 18.1 Å². The van der Waals surface area contributed by atoms with Crippen molar-refractivity contribution in [3.05, 3.63) is 81.6 Å². The smallest absolute Gasteiger partial charge is 0.287 e. The van der Waals surface area contributed by atoms with E-state index in [0.29, 0.717) is 29.4 Å². The summed E-state index contributed by atoms with van der Waals surface area (Å²) >= 11 is 6.02. The molecule has 0 radical (unpaired) electrons. The lowest BCUT2D eigenvalue weighted by Gasteiger charge is -2.10. The summed E-state index contributed by atoms with van der Waals surface area (Å²) < 4.78 is 7.33. The average molecular weight is 427 g/mol. The third-order valence-electron chi connectivity index (χ3n) is 4.47. The van der Waals surface area contributed by atoms with E-state index < -0.39 is 11.8 Å². The Balaban J connectivity index is 1.54. The summed E-state index contributed by atoms with van der Waals surface area (Å²) in [5, 5.41) is 4.91. The Morgan fingerprint density at radius 1 is 1.03 bits per heavy atom. The number of benzene rings is 2. The van der Waals surface area contributed by atoms with E-state index in [1.165, 1.54) is 0 Å². The van der Waals surface area contributed by atoms with Crippen molar-refractivity contribution in [3.8, 4) is 5.75 Å². The Morgan fingerprint density at radius 2 is 1.73 bits per heavy atom. The predicted octanol–water partition coefficient (Wildman–Crippen LogP) is 3.83. The van der Waals surface area contributed by atoms with Crippen LogP contribution in [0.4, 0.5) is 0 Å². The molecule has 1 heterocycles. The van der Waals surface area contributed by atoms with Crippen LogP contribution < -0.4 is 15.6 Å². The minimum absolute atomic E-state index is 0.361. The average Bonchev–Trinajstić information content (AvgIpc) is 3.14. The predicted molar refractivity (Wildman–Crippen MR) is 115 cm³/mol. The quantitative estimate of drug-likeness (QED) is 0.586. The van der Waals surface area contributed by atoms with Crippen LogP contribution in [-0.4, -0.2) is 21.6 Å². The van der Waals surface area contributed by atoms with Gasteiger partial charge in [-0.15, -0.1) is 0 Å². The molecule has 3 rings (SSSR count). The maximum atomic E-state index is 12.3. The minimum Gasteiger partial charge on any atom is -0.489 e. The first-order valence-corrected chi connectivity index (χ1v) is 9.88. The first-order chi connectivity index (χ1) is 14.4. The fourth-order valence-electron chi connectivity index (χ4n) is 2.85. The molecule has 0 aliphatic carbocycles. The number of hydrazine groups is 1. The van der Waals surface area contributed by atoms with E-state index in [9.17, 15) is 9.59 Å². The summed E-state index contributed by atoms with van der Waals surface area (Å²) in [6, 6.07) is 14.1. The van der Waals surface area contributed by atoms with Gasteiger partial charge >= 0.3 is 0 Å². The second kappa shape index (κ2) is 9.45. The number of aromatic nitrogens is 2. The summed E-state index contributed by atoms with van der Waals surface area (Å²) in [5.74, 6) is -0.111. The molecule has 0 aliphatic heterocycles. The van der Waals surface area contributed by atoms with Gasteiger partial charge in [-0.3, -0.25) is 25.1 Å². The number of aryl methyl sites for hydroxylation is 3. The van der Waals surface area contributed by atoms with Gasteiger partial charge in [-0.2, -0.15) is 5.10 Å². The van der Waals surface area contributed by atoms with Gasteiger partial charge in [-0.1, -0.05) is 23.7 Å². The highest BCUT2D eigenvalue weighted by Crippen LogP contribution is 2.21. The highest BCUT2D eigenvalue weighted by atomic mass is 35.5. The first-order valence-electron chi connectivity index (χ1n) is 9.50. The molecule has 0 unspecified atom stereocenters. The van der Waals surface area contributed by atoms with Crippen molar-refractivity contribution in [2.24, 2.45) is 0 Å². The number of ether oxygens (including phenoxy) is 1. The van der Waals surface area contributed by atoms with Crippen molar-refractivity contribution in [3.63, 3.8) is 0 Å². The molecule has 0 atom stereocenters. The molecule has 1 aromatic heterocycles.